The summed E-state index contributed by atoms with van der Waals surface area (Å²) in [5.41, 5.74) is -0.632. The Hall–Kier alpha value is -0.570. The van der Waals surface area contributed by atoms with Crippen molar-refractivity contribution in [2.75, 3.05) is 0 Å². The third-order valence-corrected chi connectivity index (χ3v) is 4.50. The molecule has 2 unspecified atom stereocenters. The summed E-state index contributed by atoms with van der Waals surface area (Å²) in [5, 5.41) is 13.0. The van der Waals surface area contributed by atoms with Gasteiger partial charge in [-0.2, -0.15) is 0 Å². The number of carboxylic acid groups (broad SMARTS) is 1. The van der Waals surface area contributed by atoms with Gasteiger partial charge >= 0.3 is 5.97 Å². The highest BCUT2D eigenvalue weighted by Gasteiger charge is 2.46. The largest absolute Gasteiger partial charge is 0.480 e. The van der Waals surface area contributed by atoms with Crippen LogP contribution >= 0.6 is 0 Å². The summed E-state index contributed by atoms with van der Waals surface area (Å²) in [6.45, 7) is 2.09. The molecule has 2 saturated carbocycles. The zero-order valence-electron chi connectivity index (χ0n) is 10.2. The highest BCUT2D eigenvalue weighted by atomic mass is 16.4. The van der Waals surface area contributed by atoms with Gasteiger partial charge in [-0.25, -0.2) is 0 Å². The summed E-state index contributed by atoms with van der Waals surface area (Å²) in [5.74, 6) is -0.369. The second-order valence-corrected chi connectivity index (χ2v) is 5.55. The van der Waals surface area contributed by atoms with Crippen molar-refractivity contribution in [3.05, 3.63) is 0 Å². The third kappa shape index (κ3) is 2.10. The third-order valence-electron chi connectivity index (χ3n) is 4.50. The number of hydrogen-bond acceptors (Lipinski definition) is 2. The minimum Gasteiger partial charge on any atom is -0.480 e. The minimum atomic E-state index is -0.633. The topological polar surface area (TPSA) is 49.3 Å². The van der Waals surface area contributed by atoms with Crippen molar-refractivity contribution >= 4 is 5.97 Å². The van der Waals surface area contributed by atoms with Crippen LogP contribution in [0.15, 0.2) is 0 Å². The van der Waals surface area contributed by atoms with E-state index in [4.69, 9.17) is 0 Å². The molecule has 0 aromatic heterocycles. The summed E-state index contributed by atoms with van der Waals surface area (Å²) in [6, 6.07) is 0.441. The molecule has 0 amide bonds. The van der Waals surface area contributed by atoms with Crippen molar-refractivity contribution in [2.24, 2.45) is 5.92 Å². The van der Waals surface area contributed by atoms with Crippen molar-refractivity contribution in [1.82, 2.24) is 5.32 Å². The van der Waals surface area contributed by atoms with Gasteiger partial charge < -0.3 is 5.11 Å². The Labute approximate surface area is 97.6 Å². The molecule has 2 aliphatic rings. The van der Waals surface area contributed by atoms with Gasteiger partial charge in [-0.15, -0.1) is 0 Å². The van der Waals surface area contributed by atoms with Crippen LogP contribution < -0.4 is 5.32 Å². The van der Waals surface area contributed by atoms with Crippen LogP contribution in [0, 0.1) is 5.92 Å². The van der Waals surface area contributed by atoms with E-state index in [-0.39, 0.29) is 5.92 Å². The second kappa shape index (κ2) is 4.74. The van der Waals surface area contributed by atoms with Crippen molar-refractivity contribution in [2.45, 2.75) is 69.9 Å². The molecule has 2 atom stereocenters. The summed E-state index contributed by atoms with van der Waals surface area (Å²) < 4.78 is 0. The van der Waals surface area contributed by atoms with E-state index in [2.05, 4.69) is 12.2 Å². The summed E-state index contributed by atoms with van der Waals surface area (Å²) in [4.78, 5) is 11.6. The fourth-order valence-electron chi connectivity index (χ4n) is 3.38. The number of carboxylic acids is 1. The molecule has 2 N–H and O–H groups in total. The Balaban J connectivity index is 2.10. The molecule has 3 heteroatoms. The molecule has 0 bridgehead atoms. The molecule has 0 aliphatic heterocycles. The molecular formula is C13H23NO2. The SMILES string of the molecule is CC1CCCCC1(NC1CCCC1)C(=O)O. The highest BCUT2D eigenvalue weighted by molar-refractivity contribution is 5.79. The molecule has 0 saturated heterocycles. The van der Waals surface area contributed by atoms with Crippen LogP contribution in [0.4, 0.5) is 0 Å². The molecule has 2 fully saturated rings. The van der Waals surface area contributed by atoms with E-state index >= 15 is 0 Å². The van der Waals surface area contributed by atoms with Crippen LogP contribution in [0.1, 0.15) is 58.3 Å². The van der Waals surface area contributed by atoms with E-state index in [0.29, 0.717) is 6.04 Å². The van der Waals surface area contributed by atoms with E-state index in [1.807, 2.05) is 0 Å². The summed E-state index contributed by atoms with van der Waals surface area (Å²) in [6.07, 6.45) is 8.90. The molecule has 92 valence electrons. The average molecular weight is 225 g/mol. The van der Waals surface area contributed by atoms with Gasteiger partial charge in [-0.05, 0) is 31.6 Å². The maximum Gasteiger partial charge on any atom is 0.324 e. The smallest absolute Gasteiger partial charge is 0.324 e. The predicted octanol–water partition coefficient (Wildman–Crippen LogP) is 2.55. The van der Waals surface area contributed by atoms with Crippen LogP contribution in [-0.4, -0.2) is 22.7 Å². The lowest BCUT2D eigenvalue weighted by atomic mass is 9.73. The fraction of sp³-hybridized carbons (Fsp3) is 0.923. The number of hydrogen-bond donors (Lipinski definition) is 2. The molecule has 16 heavy (non-hydrogen) atoms. The van der Waals surface area contributed by atoms with Gasteiger partial charge in [0.25, 0.3) is 0 Å². The van der Waals surface area contributed by atoms with Gasteiger partial charge in [0.05, 0.1) is 0 Å². The normalized spacial score (nSPS) is 36.4. The van der Waals surface area contributed by atoms with Crippen molar-refractivity contribution < 1.29 is 9.90 Å². The van der Waals surface area contributed by atoms with Crippen molar-refractivity contribution in [3.63, 3.8) is 0 Å². The van der Waals surface area contributed by atoms with Gasteiger partial charge in [0.1, 0.15) is 5.54 Å². The second-order valence-electron chi connectivity index (χ2n) is 5.55. The molecule has 0 aromatic rings. The molecule has 0 aromatic carbocycles. The molecule has 0 spiro atoms. The van der Waals surface area contributed by atoms with Gasteiger partial charge in [0.2, 0.25) is 0 Å². The zero-order valence-corrected chi connectivity index (χ0v) is 10.2. The Morgan fingerprint density at radius 3 is 2.38 bits per heavy atom. The Kier molecular flexibility index (Phi) is 3.53. The number of rotatable bonds is 3. The molecule has 3 nitrogen and oxygen atoms in total. The minimum absolute atomic E-state index is 0.263. The van der Waals surface area contributed by atoms with Gasteiger partial charge in [-0.1, -0.05) is 32.6 Å². The fourth-order valence-corrected chi connectivity index (χ4v) is 3.38. The predicted molar refractivity (Wildman–Crippen MR) is 63.4 cm³/mol. The van der Waals surface area contributed by atoms with Crippen LogP contribution in [0.2, 0.25) is 0 Å². The van der Waals surface area contributed by atoms with Crippen LogP contribution in [0.5, 0.6) is 0 Å². The molecule has 2 rings (SSSR count). The Bertz CT molecular complexity index is 261. The first-order valence-electron chi connectivity index (χ1n) is 6.66. The monoisotopic (exact) mass is 225 g/mol. The van der Waals surface area contributed by atoms with E-state index in [1.54, 1.807) is 0 Å². The molecular weight excluding hydrogens is 202 g/mol. The number of nitrogens with one attached hydrogen (secondary N) is 1. The van der Waals surface area contributed by atoms with Crippen molar-refractivity contribution in [1.29, 1.82) is 0 Å². The van der Waals surface area contributed by atoms with Crippen molar-refractivity contribution in [3.8, 4) is 0 Å². The highest BCUT2D eigenvalue weighted by Crippen LogP contribution is 2.35. The first-order chi connectivity index (χ1) is 7.65. The number of carbonyl (C=O) groups is 1. The van der Waals surface area contributed by atoms with Gasteiger partial charge in [0.15, 0.2) is 0 Å². The molecule has 0 radical (unpaired) electrons. The molecule has 2 aliphatic carbocycles. The van der Waals surface area contributed by atoms with Crippen LogP contribution in [0.3, 0.4) is 0 Å². The lowest BCUT2D eigenvalue weighted by Gasteiger charge is -2.41. The Morgan fingerprint density at radius 2 is 1.81 bits per heavy atom. The van der Waals surface area contributed by atoms with E-state index in [9.17, 15) is 9.90 Å². The maximum absolute atomic E-state index is 11.6. The van der Waals surface area contributed by atoms with Gasteiger partial charge in [-0.3, -0.25) is 10.1 Å². The zero-order chi connectivity index (χ0) is 11.6. The lowest BCUT2D eigenvalue weighted by molar-refractivity contribution is -0.149. The standard InChI is InChI=1S/C13H23NO2/c1-10-6-4-5-9-13(10,12(15)16)14-11-7-2-3-8-11/h10-11,14H,2-9H2,1H3,(H,15,16). The van der Waals surface area contributed by atoms with E-state index in [1.165, 1.54) is 19.3 Å². The summed E-state index contributed by atoms with van der Waals surface area (Å²) in [7, 11) is 0. The maximum atomic E-state index is 11.6. The Morgan fingerprint density at radius 1 is 1.19 bits per heavy atom. The first-order valence-corrected chi connectivity index (χ1v) is 6.66. The quantitative estimate of drug-likeness (QED) is 0.776. The van der Waals surface area contributed by atoms with E-state index < -0.39 is 11.5 Å². The van der Waals surface area contributed by atoms with Crippen LogP contribution in [-0.2, 0) is 4.79 Å². The average Bonchev–Trinajstić information content (AvgIpc) is 2.74. The molecule has 0 heterocycles. The summed E-state index contributed by atoms with van der Waals surface area (Å²) >= 11 is 0. The number of aliphatic carboxylic acids is 1. The first kappa shape index (κ1) is 11.9. The lowest BCUT2D eigenvalue weighted by Crippen LogP contribution is -2.60. The van der Waals surface area contributed by atoms with Gasteiger partial charge in [0, 0.05) is 6.04 Å². The van der Waals surface area contributed by atoms with E-state index in [0.717, 1.165) is 32.1 Å². The van der Waals surface area contributed by atoms with Crippen LogP contribution in [0.25, 0.3) is 0 Å².